The van der Waals surface area contributed by atoms with Crippen LogP contribution >= 0.6 is 0 Å². The Labute approximate surface area is 154 Å². The molecule has 2 N–H and O–H groups in total. The zero-order valence-electron chi connectivity index (χ0n) is 15.4. The van der Waals surface area contributed by atoms with Crippen molar-refractivity contribution < 1.29 is 19.4 Å². The fourth-order valence-electron chi connectivity index (χ4n) is 2.87. The van der Waals surface area contributed by atoms with Gasteiger partial charge in [-0.1, -0.05) is 41.5 Å². The predicted molar refractivity (Wildman–Crippen MR) is 100 cm³/mol. The Morgan fingerprint density at radius 2 is 1.69 bits per heavy atom. The topological polar surface area (TPSA) is 75.6 Å². The monoisotopic (exact) mass is 355 g/mol. The minimum absolute atomic E-state index is 0.00265. The molecule has 26 heavy (non-hydrogen) atoms. The molecule has 1 unspecified atom stereocenters. The van der Waals surface area contributed by atoms with Gasteiger partial charge in [0.25, 0.3) is 0 Å². The lowest BCUT2D eigenvalue weighted by Gasteiger charge is -2.15. The van der Waals surface area contributed by atoms with Gasteiger partial charge in [-0.2, -0.15) is 0 Å². The number of carbonyl (C=O) groups is 2. The van der Waals surface area contributed by atoms with Crippen molar-refractivity contribution in [1.29, 1.82) is 0 Å². The Morgan fingerprint density at radius 3 is 2.27 bits per heavy atom. The van der Waals surface area contributed by atoms with E-state index in [0.717, 1.165) is 5.56 Å². The molecular weight excluding hydrogens is 330 g/mol. The van der Waals surface area contributed by atoms with Crippen LogP contribution in [0.25, 0.3) is 0 Å². The highest BCUT2D eigenvalue weighted by Gasteiger charge is 2.10. The lowest BCUT2D eigenvalue weighted by molar-refractivity contribution is -0.139. The Bertz CT molecular complexity index is 748. The summed E-state index contributed by atoms with van der Waals surface area (Å²) in [6.07, 6.45) is 1.15. The molecule has 1 atom stereocenters. The summed E-state index contributed by atoms with van der Waals surface area (Å²) in [4.78, 5) is 22.7. The quantitative estimate of drug-likeness (QED) is 0.759. The summed E-state index contributed by atoms with van der Waals surface area (Å²) >= 11 is 0. The van der Waals surface area contributed by atoms with E-state index >= 15 is 0 Å². The Morgan fingerprint density at radius 1 is 1.08 bits per heavy atom. The maximum Gasteiger partial charge on any atom is 0.341 e. The number of aliphatic carboxylic acids is 1. The molecule has 0 fully saturated rings. The fraction of sp³-hybridized carbons (Fsp3) is 0.333. The largest absolute Gasteiger partial charge is 0.482 e. The van der Waals surface area contributed by atoms with Gasteiger partial charge in [0, 0.05) is 6.42 Å². The molecule has 0 heterocycles. The number of carboxylic acid groups (broad SMARTS) is 1. The summed E-state index contributed by atoms with van der Waals surface area (Å²) in [6.45, 7) is 5.66. The average molecular weight is 355 g/mol. The van der Waals surface area contributed by atoms with Crippen molar-refractivity contribution in [3.63, 3.8) is 0 Å². The number of amides is 1. The van der Waals surface area contributed by atoms with E-state index in [1.807, 2.05) is 19.1 Å². The van der Waals surface area contributed by atoms with Crippen molar-refractivity contribution in [3.8, 4) is 5.75 Å². The number of benzene rings is 2. The van der Waals surface area contributed by atoms with Crippen molar-refractivity contribution in [2.24, 2.45) is 0 Å². The van der Waals surface area contributed by atoms with Gasteiger partial charge < -0.3 is 15.2 Å². The van der Waals surface area contributed by atoms with Gasteiger partial charge in [-0.3, -0.25) is 4.79 Å². The van der Waals surface area contributed by atoms with Crippen LogP contribution in [0, 0.1) is 13.8 Å². The van der Waals surface area contributed by atoms with E-state index in [0.29, 0.717) is 18.6 Å². The smallest absolute Gasteiger partial charge is 0.341 e. The predicted octanol–water partition coefficient (Wildman–Crippen LogP) is 3.58. The third-order valence-corrected chi connectivity index (χ3v) is 4.04. The highest BCUT2D eigenvalue weighted by atomic mass is 16.5. The molecule has 0 radical (unpaired) electrons. The van der Waals surface area contributed by atoms with Gasteiger partial charge in [0.2, 0.25) is 5.91 Å². The molecule has 2 aromatic rings. The van der Waals surface area contributed by atoms with Crippen LogP contribution in [0.4, 0.5) is 0 Å². The number of rotatable bonds is 8. The molecule has 0 saturated carbocycles. The SMILES string of the molecule is Cc1cc(C)cc(CCC(=O)NC(C)c2ccc(OCC(=O)O)cc2)c1. The Balaban J connectivity index is 1.85. The van der Waals surface area contributed by atoms with Crippen molar-refractivity contribution >= 4 is 11.9 Å². The molecule has 0 saturated heterocycles. The van der Waals surface area contributed by atoms with Crippen molar-refractivity contribution in [1.82, 2.24) is 5.32 Å². The van der Waals surface area contributed by atoms with Crippen LogP contribution in [0.15, 0.2) is 42.5 Å². The third kappa shape index (κ3) is 6.24. The molecule has 0 spiro atoms. The van der Waals surface area contributed by atoms with Crippen LogP contribution in [-0.4, -0.2) is 23.6 Å². The summed E-state index contributed by atoms with van der Waals surface area (Å²) in [5, 5.41) is 11.6. The van der Waals surface area contributed by atoms with Crippen LogP contribution in [0.1, 0.15) is 41.6 Å². The van der Waals surface area contributed by atoms with Crippen LogP contribution in [0.2, 0.25) is 0 Å². The van der Waals surface area contributed by atoms with E-state index in [4.69, 9.17) is 9.84 Å². The highest BCUT2D eigenvalue weighted by molar-refractivity contribution is 5.76. The molecule has 0 aliphatic carbocycles. The minimum Gasteiger partial charge on any atom is -0.482 e. The molecule has 2 rings (SSSR count). The van der Waals surface area contributed by atoms with Gasteiger partial charge in [-0.15, -0.1) is 0 Å². The van der Waals surface area contributed by atoms with E-state index in [1.54, 1.807) is 12.1 Å². The molecule has 1 amide bonds. The number of ether oxygens (including phenoxy) is 1. The zero-order valence-corrected chi connectivity index (χ0v) is 15.4. The summed E-state index contributed by atoms with van der Waals surface area (Å²) in [5.74, 6) is -0.522. The van der Waals surface area contributed by atoms with Gasteiger partial charge in [-0.05, 0) is 50.5 Å². The summed E-state index contributed by atoms with van der Waals surface area (Å²) < 4.78 is 5.10. The number of aryl methyl sites for hydroxylation is 3. The molecule has 2 aromatic carbocycles. The minimum atomic E-state index is -1.02. The highest BCUT2D eigenvalue weighted by Crippen LogP contribution is 2.18. The number of hydrogen-bond acceptors (Lipinski definition) is 3. The normalized spacial score (nSPS) is 11.7. The van der Waals surface area contributed by atoms with Gasteiger partial charge >= 0.3 is 5.97 Å². The van der Waals surface area contributed by atoms with Crippen LogP contribution < -0.4 is 10.1 Å². The maximum absolute atomic E-state index is 12.2. The first-order chi connectivity index (χ1) is 12.3. The van der Waals surface area contributed by atoms with Gasteiger partial charge in [0.1, 0.15) is 5.75 Å². The second kappa shape index (κ2) is 9.04. The molecule has 5 nitrogen and oxygen atoms in total. The van der Waals surface area contributed by atoms with E-state index in [1.165, 1.54) is 16.7 Å². The van der Waals surface area contributed by atoms with Crippen LogP contribution in [0.5, 0.6) is 5.75 Å². The van der Waals surface area contributed by atoms with E-state index < -0.39 is 5.97 Å². The van der Waals surface area contributed by atoms with E-state index in [-0.39, 0.29) is 18.6 Å². The molecule has 0 aliphatic heterocycles. The number of hydrogen-bond donors (Lipinski definition) is 2. The molecule has 138 valence electrons. The summed E-state index contributed by atoms with van der Waals surface area (Å²) in [5.41, 5.74) is 4.52. The molecule has 0 bridgehead atoms. The van der Waals surface area contributed by atoms with Crippen LogP contribution in [0.3, 0.4) is 0 Å². The number of carboxylic acids is 1. The number of carbonyl (C=O) groups excluding carboxylic acids is 1. The first-order valence-electron chi connectivity index (χ1n) is 8.64. The molecule has 0 aliphatic rings. The molecular formula is C21H25NO4. The van der Waals surface area contributed by atoms with Crippen molar-refractivity contribution in [3.05, 3.63) is 64.7 Å². The zero-order chi connectivity index (χ0) is 19.1. The average Bonchev–Trinajstić information content (AvgIpc) is 2.57. The van der Waals surface area contributed by atoms with Gasteiger partial charge in [0.15, 0.2) is 6.61 Å². The lowest BCUT2D eigenvalue weighted by Crippen LogP contribution is -2.26. The fourth-order valence-corrected chi connectivity index (χ4v) is 2.87. The second-order valence-electron chi connectivity index (χ2n) is 6.54. The standard InChI is InChI=1S/C21H25NO4/c1-14-10-15(2)12-17(11-14)4-9-20(23)22-16(3)18-5-7-19(8-6-18)26-13-21(24)25/h5-8,10-12,16H,4,9,13H2,1-3H3,(H,22,23)(H,24,25). The Kier molecular flexibility index (Phi) is 6.78. The van der Waals surface area contributed by atoms with Gasteiger partial charge in [-0.25, -0.2) is 4.79 Å². The number of nitrogens with one attached hydrogen (secondary N) is 1. The molecule has 5 heteroatoms. The van der Waals surface area contributed by atoms with Crippen molar-refractivity contribution in [2.75, 3.05) is 6.61 Å². The Hall–Kier alpha value is -2.82. The van der Waals surface area contributed by atoms with Crippen LogP contribution in [-0.2, 0) is 16.0 Å². The second-order valence-corrected chi connectivity index (χ2v) is 6.54. The first-order valence-corrected chi connectivity index (χ1v) is 8.64. The van der Waals surface area contributed by atoms with E-state index in [2.05, 4.69) is 37.4 Å². The van der Waals surface area contributed by atoms with E-state index in [9.17, 15) is 9.59 Å². The third-order valence-electron chi connectivity index (χ3n) is 4.04. The summed E-state index contributed by atoms with van der Waals surface area (Å²) in [7, 11) is 0. The molecule has 0 aromatic heterocycles. The van der Waals surface area contributed by atoms with Gasteiger partial charge in [0.05, 0.1) is 6.04 Å². The lowest BCUT2D eigenvalue weighted by atomic mass is 10.0. The van der Waals surface area contributed by atoms with Crippen molar-refractivity contribution in [2.45, 2.75) is 39.7 Å². The summed E-state index contributed by atoms with van der Waals surface area (Å²) in [6, 6.07) is 13.3. The first kappa shape index (κ1) is 19.5. The maximum atomic E-state index is 12.2.